The maximum atomic E-state index is 6.74. The first-order valence-corrected chi connectivity index (χ1v) is 25.8. The van der Waals surface area contributed by atoms with Gasteiger partial charge in [0.2, 0.25) is 0 Å². The highest BCUT2D eigenvalue weighted by Crippen LogP contribution is 2.61. The smallest absolute Gasteiger partial charge is 0.144 e. The topological polar surface area (TPSA) is 24.6 Å². The van der Waals surface area contributed by atoms with Gasteiger partial charge in [-0.2, -0.15) is 0 Å². The van der Waals surface area contributed by atoms with Gasteiger partial charge < -0.3 is 18.8 Å². The van der Waals surface area contributed by atoms with Crippen molar-refractivity contribution in [3.8, 4) is 39.2 Å². The molecule has 1 aliphatic carbocycles. The van der Waals surface area contributed by atoms with Crippen molar-refractivity contribution in [2.45, 2.75) is 5.41 Å². The van der Waals surface area contributed by atoms with Crippen LogP contribution in [0.25, 0.3) is 84.2 Å². The quantitative estimate of drug-likeness (QED) is 0.172. The van der Waals surface area contributed by atoms with E-state index >= 15 is 0 Å². The van der Waals surface area contributed by atoms with Crippen molar-refractivity contribution in [2.75, 3.05) is 9.80 Å². The molecule has 0 spiro atoms. The molecule has 2 aromatic heterocycles. The number of benzene rings is 11. The van der Waals surface area contributed by atoms with E-state index in [1.54, 1.807) is 0 Å². The summed E-state index contributed by atoms with van der Waals surface area (Å²) >= 11 is 0. The molecule has 4 nitrogen and oxygen atoms in total. The molecule has 0 saturated carbocycles. The fourth-order valence-electron chi connectivity index (χ4n) is 13.1. The highest BCUT2D eigenvalue weighted by molar-refractivity contribution is 6.14. The SMILES string of the molecule is C1=Cc2c(ccc3c2oc2ccccc23)N(c2ccc3c(c2)C(c2ccccc2)(c2ccccc2)c2cc(N4c5ccccc5-c5c(n(-c6ccccc6)c6ccccc56)-c5ccccc54)ccc2-3)c2ccccc21. The first-order chi connectivity index (χ1) is 37.2. The van der Waals surface area contributed by atoms with Crippen LogP contribution in [0, 0.1) is 0 Å². The van der Waals surface area contributed by atoms with Crippen molar-refractivity contribution >= 4 is 79.1 Å². The Labute approximate surface area is 434 Å². The predicted octanol–water partition coefficient (Wildman–Crippen LogP) is 19.0. The summed E-state index contributed by atoms with van der Waals surface area (Å²) in [5.41, 5.74) is 24.3. The fourth-order valence-corrected chi connectivity index (χ4v) is 13.1. The Balaban J connectivity index is 0.950. The number of hydrogen-bond acceptors (Lipinski definition) is 3. The third-order valence-electron chi connectivity index (χ3n) is 16.1. The first-order valence-electron chi connectivity index (χ1n) is 25.8. The fraction of sp³-hybridized carbons (Fsp3) is 0.0141. The molecular formula is C71H45N3O. The standard InChI is InChI=1S/C71H45N3O/c1-4-21-47(22-5-1)71(48-23-6-2-7-24-48)60-44-50(72-62-31-15-10-20-46(62)36-39-59-66(72)43-42-55-54-27-14-19-35-67(54)75-70(55)59)37-40-52(60)53-41-38-51(45-61(53)71)73-63-32-16-11-28-56(63)68-57-29-12-17-33-64(57)74(49-25-8-3-9-26-49)69(68)58-30-13-18-34-65(58)73/h1-45H. The molecule has 0 bridgehead atoms. The van der Waals surface area contributed by atoms with Gasteiger partial charge in [-0.05, 0) is 124 Å². The van der Waals surface area contributed by atoms with E-state index in [0.717, 1.165) is 72.9 Å². The van der Waals surface area contributed by atoms with Crippen molar-refractivity contribution in [3.05, 3.63) is 294 Å². The molecule has 3 aliphatic rings. The Bertz CT molecular complexity index is 4450. The van der Waals surface area contributed by atoms with Gasteiger partial charge in [0.1, 0.15) is 11.2 Å². The zero-order chi connectivity index (χ0) is 49.2. The van der Waals surface area contributed by atoms with E-state index in [1.807, 2.05) is 6.07 Å². The van der Waals surface area contributed by atoms with Crippen molar-refractivity contribution in [1.29, 1.82) is 0 Å². The monoisotopic (exact) mass is 955 g/mol. The molecule has 0 unspecified atom stereocenters. The van der Waals surface area contributed by atoms with Crippen LogP contribution >= 0.6 is 0 Å². The summed E-state index contributed by atoms with van der Waals surface area (Å²) in [6, 6.07) is 96.0. The second-order valence-electron chi connectivity index (χ2n) is 19.9. The molecule has 11 aromatic carbocycles. The number of para-hydroxylation sites is 6. The van der Waals surface area contributed by atoms with Gasteiger partial charge in [-0.15, -0.1) is 0 Å². The molecule has 2 aliphatic heterocycles. The summed E-state index contributed by atoms with van der Waals surface area (Å²) < 4.78 is 9.21. The van der Waals surface area contributed by atoms with Crippen molar-refractivity contribution in [3.63, 3.8) is 0 Å². The zero-order valence-corrected chi connectivity index (χ0v) is 40.7. The van der Waals surface area contributed by atoms with Crippen LogP contribution in [0.3, 0.4) is 0 Å². The van der Waals surface area contributed by atoms with Gasteiger partial charge in [0, 0.05) is 55.5 Å². The lowest BCUT2D eigenvalue weighted by Crippen LogP contribution is -2.29. The number of anilines is 6. The number of furan rings is 1. The normalized spacial score (nSPS) is 13.6. The van der Waals surface area contributed by atoms with Gasteiger partial charge in [-0.1, -0.05) is 188 Å². The Kier molecular flexibility index (Phi) is 8.92. The van der Waals surface area contributed by atoms with Crippen LogP contribution in [-0.2, 0) is 5.41 Å². The van der Waals surface area contributed by atoms with Crippen LogP contribution in [-0.4, -0.2) is 4.57 Å². The molecule has 0 N–H and O–H groups in total. The number of nitrogens with zero attached hydrogens (tertiary/aromatic N) is 3. The van der Waals surface area contributed by atoms with Crippen LogP contribution in [0.15, 0.2) is 265 Å². The Morgan fingerprint density at radius 1 is 0.347 bits per heavy atom. The van der Waals surface area contributed by atoms with Crippen LogP contribution < -0.4 is 9.80 Å². The Morgan fingerprint density at radius 2 is 0.893 bits per heavy atom. The number of hydrogen-bond donors (Lipinski definition) is 0. The summed E-state index contributed by atoms with van der Waals surface area (Å²) in [4.78, 5) is 4.96. The van der Waals surface area contributed by atoms with Crippen molar-refractivity contribution < 1.29 is 4.42 Å². The molecule has 0 atom stereocenters. The lowest BCUT2D eigenvalue weighted by Gasteiger charge is -2.36. The third kappa shape index (κ3) is 5.88. The minimum absolute atomic E-state index is 0.706. The molecule has 0 amide bonds. The van der Waals surface area contributed by atoms with Crippen LogP contribution in [0.1, 0.15) is 33.4 Å². The van der Waals surface area contributed by atoms with Crippen LogP contribution in [0.4, 0.5) is 34.1 Å². The summed E-state index contributed by atoms with van der Waals surface area (Å²) in [6.07, 6.45) is 4.48. The average molecular weight is 956 g/mol. The number of fused-ring (bicyclic) bond motifs is 16. The van der Waals surface area contributed by atoms with E-state index in [4.69, 9.17) is 4.42 Å². The largest absolute Gasteiger partial charge is 0.455 e. The average Bonchev–Trinajstić information content (AvgIpc) is 4.06. The molecule has 16 rings (SSSR count). The highest BCUT2D eigenvalue weighted by atomic mass is 16.3. The molecule has 13 aromatic rings. The van der Waals surface area contributed by atoms with E-state index in [9.17, 15) is 0 Å². The van der Waals surface area contributed by atoms with Gasteiger partial charge in [-0.3, -0.25) is 0 Å². The second-order valence-corrected chi connectivity index (χ2v) is 19.9. The van der Waals surface area contributed by atoms with E-state index in [0.29, 0.717) is 0 Å². The molecule has 4 heteroatoms. The van der Waals surface area contributed by atoms with Crippen molar-refractivity contribution in [2.24, 2.45) is 0 Å². The molecule has 75 heavy (non-hydrogen) atoms. The highest BCUT2D eigenvalue weighted by Gasteiger charge is 2.47. The second kappa shape index (κ2) is 16.1. The molecule has 0 fully saturated rings. The van der Waals surface area contributed by atoms with E-state index in [-0.39, 0.29) is 0 Å². The Morgan fingerprint density at radius 3 is 1.60 bits per heavy atom. The van der Waals surface area contributed by atoms with Crippen molar-refractivity contribution in [1.82, 2.24) is 4.57 Å². The van der Waals surface area contributed by atoms with Gasteiger partial charge >= 0.3 is 0 Å². The Hall–Kier alpha value is -9.90. The summed E-state index contributed by atoms with van der Waals surface area (Å²) in [7, 11) is 0. The minimum atomic E-state index is -0.706. The lowest BCUT2D eigenvalue weighted by molar-refractivity contribution is 0.668. The molecule has 0 saturated heterocycles. The molecule has 4 heterocycles. The van der Waals surface area contributed by atoms with Gasteiger partial charge in [0.25, 0.3) is 0 Å². The van der Waals surface area contributed by atoms with E-state index < -0.39 is 5.41 Å². The number of rotatable bonds is 5. The van der Waals surface area contributed by atoms with Gasteiger partial charge in [-0.25, -0.2) is 0 Å². The maximum absolute atomic E-state index is 6.74. The molecular weight excluding hydrogens is 911 g/mol. The zero-order valence-electron chi connectivity index (χ0n) is 40.7. The lowest BCUT2D eigenvalue weighted by atomic mass is 9.67. The van der Waals surface area contributed by atoms with E-state index in [2.05, 4.69) is 281 Å². The first kappa shape index (κ1) is 41.7. The summed E-state index contributed by atoms with van der Waals surface area (Å²) in [5.74, 6) is 0. The van der Waals surface area contributed by atoms with Crippen LogP contribution in [0.5, 0.6) is 0 Å². The number of aromatic nitrogens is 1. The molecule has 0 radical (unpaired) electrons. The van der Waals surface area contributed by atoms with Gasteiger partial charge in [0.05, 0.1) is 39.4 Å². The predicted molar refractivity (Wildman–Crippen MR) is 311 cm³/mol. The summed E-state index contributed by atoms with van der Waals surface area (Å²) in [5, 5.41) is 3.45. The summed E-state index contributed by atoms with van der Waals surface area (Å²) in [6.45, 7) is 0. The van der Waals surface area contributed by atoms with Gasteiger partial charge in [0.15, 0.2) is 0 Å². The third-order valence-corrected chi connectivity index (χ3v) is 16.1. The molecule has 350 valence electrons. The maximum Gasteiger partial charge on any atom is 0.144 e. The minimum Gasteiger partial charge on any atom is -0.455 e. The van der Waals surface area contributed by atoms with E-state index in [1.165, 1.54) is 66.7 Å². The van der Waals surface area contributed by atoms with Crippen LogP contribution in [0.2, 0.25) is 0 Å².